The van der Waals surface area contributed by atoms with Crippen molar-refractivity contribution in [3.63, 3.8) is 0 Å². The molecule has 28 heavy (non-hydrogen) atoms. The first-order chi connectivity index (χ1) is 13.6. The molecule has 3 heterocycles. The number of imidazole rings is 1. The number of halogens is 1. The molecule has 1 fully saturated rings. The molecule has 4 aromatic rings. The molecule has 0 spiro atoms. The first-order valence-corrected chi connectivity index (χ1v) is 9.97. The first-order valence-electron chi connectivity index (χ1n) is 9.09. The van der Waals surface area contributed by atoms with E-state index in [4.69, 9.17) is 0 Å². The van der Waals surface area contributed by atoms with Crippen LogP contribution < -0.4 is 0 Å². The average molecular weight is 395 g/mol. The van der Waals surface area contributed by atoms with E-state index in [0.717, 1.165) is 34.6 Å². The predicted octanol–water partition coefficient (Wildman–Crippen LogP) is 3.74. The number of hydrogen-bond acceptors (Lipinski definition) is 4. The van der Waals surface area contributed by atoms with Gasteiger partial charge in [0.25, 0.3) is 5.91 Å². The summed E-state index contributed by atoms with van der Waals surface area (Å²) >= 11 is 1.43. The zero-order valence-corrected chi connectivity index (χ0v) is 16.1. The number of aromatic nitrogens is 4. The standard InChI is InChI=1S/C20H18FN5OS/c1-24-9-13(8-22-24)10-25(16-6-7-16)19(27)18-12-28-20-23-17(11-26(18)20)14-2-4-15(21)5-3-14/h2-5,8-9,11-12,16H,6-7,10H2,1H3. The Morgan fingerprint density at radius 3 is 2.75 bits per heavy atom. The molecule has 1 aromatic carbocycles. The third kappa shape index (κ3) is 3.09. The maximum absolute atomic E-state index is 13.3. The lowest BCUT2D eigenvalue weighted by Gasteiger charge is -2.21. The monoisotopic (exact) mass is 395 g/mol. The van der Waals surface area contributed by atoms with Gasteiger partial charge in [0.2, 0.25) is 0 Å². The zero-order valence-electron chi connectivity index (χ0n) is 15.2. The van der Waals surface area contributed by atoms with Crippen LogP contribution in [0.25, 0.3) is 16.2 Å². The number of rotatable bonds is 5. The predicted molar refractivity (Wildman–Crippen MR) is 105 cm³/mol. The minimum atomic E-state index is -0.281. The molecule has 1 aliphatic carbocycles. The average Bonchev–Trinajstić information content (AvgIpc) is 3.11. The second-order valence-electron chi connectivity index (χ2n) is 7.09. The number of fused-ring (bicyclic) bond motifs is 1. The normalized spacial score (nSPS) is 13.9. The third-order valence-electron chi connectivity index (χ3n) is 4.93. The lowest BCUT2D eigenvalue weighted by molar-refractivity contribution is 0.0723. The highest BCUT2D eigenvalue weighted by atomic mass is 32.1. The zero-order chi connectivity index (χ0) is 19.3. The topological polar surface area (TPSA) is 55.4 Å². The van der Waals surface area contributed by atoms with Crippen LogP contribution in [0.1, 0.15) is 28.9 Å². The molecule has 142 valence electrons. The van der Waals surface area contributed by atoms with Gasteiger partial charge in [-0.15, -0.1) is 11.3 Å². The van der Waals surface area contributed by atoms with Gasteiger partial charge in [-0.1, -0.05) is 0 Å². The largest absolute Gasteiger partial charge is 0.330 e. The van der Waals surface area contributed by atoms with Gasteiger partial charge in [-0.05, 0) is 37.1 Å². The molecule has 8 heteroatoms. The summed E-state index contributed by atoms with van der Waals surface area (Å²) in [5, 5.41) is 6.06. The van der Waals surface area contributed by atoms with Crippen LogP contribution in [-0.4, -0.2) is 36.0 Å². The fourth-order valence-corrected chi connectivity index (χ4v) is 4.19. The van der Waals surface area contributed by atoms with Crippen molar-refractivity contribution in [2.75, 3.05) is 0 Å². The second kappa shape index (κ2) is 6.56. The minimum absolute atomic E-state index is 0.000610. The highest BCUT2D eigenvalue weighted by molar-refractivity contribution is 7.15. The summed E-state index contributed by atoms with van der Waals surface area (Å²) in [4.78, 5) is 20.6. The van der Waals surface area contributed by atoms with Gasteiger partial charge >= 0.3 is 0 Å². The van der Waals surface area contributed by atoms with E-state index >= 15 is 0 Å². The molecule has 5 rings (SSSR count). The Morgan fingerprint density at radius 2 is 2.07 bits per heavy atom. The molecular formula is C20H18FN5OS. The fraction of sp³-hybridized carbons (Fsp3) is 0.250. The summed E-state index contributed by atoms with van der Waals surface area (Å²) in [6.45, 7) is 0.550. The number of hydrogen-bond donors (Lipinski definition) is 0. The van der Waals surface area contributed by atoms with E-state index < -0.39 is 0 Å². The number of aryl methyl sites for hydroxylation is 1. The van der Waals surface area contributed by atoms with E-state index in [2.05, 4.69) is 10.1 Å². The van der Waals surface area contributed by atoms with Gasteiger partial charge in [0.05, 0.1) is 11.9 Å². The summed E-state index contributed by atoms with van der Waals surface area (Å²) in [7, 11) is 1.87. The van der Waals surface area contributed by atoms with E-state index in [1.165, 1.54) is 23.5 Å². The highest BCUT2D eigenvalue weighted by Gasteiger charge is 2.34. The van der Waals surface area contributed by atoms with Crippen LogP contribution in [0.4, 0.5) is 4.39 Å². The van der Waals surface area contributed by atoms with Gasteiger partial charge in [0, 0.05) is 48.5 Å². The molecule has 0 atom stereocenters. The maximum atomic E-state index is 13.3. The fourth-order valence-electron chi connectivity index (χ4n) is 3.35. The summed E-state index contributed by atoms with van der Waals surface area (Å²) < 4.78 is 16.8. The van der Waals surface area contributed by atoms with Crippen molar-refractivity contribution in [3.8, 4) is 11.3 Å². The Kier molecular flexibility index (Phi) is 4.01. The molecule has 1 aliphatic rings. The number of carbonyl (C=O) groups excluding carboxylic acids is 1. The second-order valence-corrected chi connectivity index (χ2v) is 7.93. The minimum Gasteiger partial charge on any atom is -0.330 e. The van der Waals surface area contributed by atoms with Crippen molar-refractivity contribution in [3.05, 3.63) is 65.3 Å². The quantitative estimate of drug-likeness (QED) is 0.517. The van der Waals surface area contributed by atoms with Crippen LogP contribution in [0.15, 0.2) is 48.2 Å². The van der Waals surface area contributed by atoms with E-state index in [1.807, 2.05) is 34.1 Å². The van der Waals surface area contributed by atoms with Crippen molar-refractivity contribution in [2.45, 2.75) is 25.4 Å². The lowest BCUT2D eigenvalue weighted by atomic mass is 10.2. The molecule has 0 N–H and O–H groups in total. The van der Waals surface area contributed by atoms with Crippen LogP contribution in [0.5, 0.6) is 0 Å². The first kappa shape index (κ1) is 17.1. The van der Waals surface area contributed by atoms with Crippen molar-refractivity contribution >= 4 is 22.2 Å². The Balaban J connectivity index is 1.47. The molecule has 0 aliphatic heterocycles. The van der Waals surface area contributed by atoms with Crippen LogP contribution in [0.2, 0.25) is 0 Å². The van der Waals surface area contributed by atoms with Crippen LogP contribution >= 0.6 is 11.3 Å². The Labute approximate surface area is 164 Å². The maximum Gasteiger partial charge on any atom is 0.272 e. The Bertz CT molecular complexity index is 1160. The van der Waals surface area contributed by atoms with Crippen LogP contribution in [0, 0.1) is 5.82 Å². The van der Waals surface area contributed by atoms with Gasteiger partial charge in [-0.2, -0.15) is 5.10 Å². The molecule has 0 saturated heterocycles. The van der Waals surface area contributed by atoms with Gasteiger partial charge in [-0.3, -0.25) is 13.9 Å². The van der Waals surface area contributed by atoms with Crippen molar-refractivity contribution < 1.29 is 9.18 Å². The smallest absolute Gasteiger partial charge is 0.272 e. The molecule has 1 saturated carbocycles. The molecular weight excluding hydrogens is 377 g/mol. The van der Waals surface area contributed by atoms with Crippen LogP contribution in [-0.2, 0) is 13.6 Å². The number of amides is 1. The third-order valence-corrected chi connectivity index (χ3v) is 5.77. The van der Waals surface area contributed by atoms with Crippen LogP contribution in [0.3, 0.4) is 0 Å². The summed E-state index contributed by atoms with van der Waals surface area (Å²) in [6, 6.07) is 6.50. The Hall–Kier alpha value is -3.00. The SMILES string of the molecule is Cn1cc(CN(C(=O)c2csc3nc(-c4ccc(F)cc4)cn23)C2CC2)cn1. The number of carbonyl (C=O) groups is 1. The molecule has 3 aromatic heterocycles. The Morgan fingerprint density at radius 1 is 1.29 bits per heavy atom. The lowest BCUT2D eigenvalue weighted by Crippen LogP contribution is -2.33. The number of thiazole rings is 1. The van der Waals surface area contributed by atoms with E-state index in [0.29, 0.717) is 12.2 Å². The summed E-state index contributed by atoms with van der Waals surface area (Å²) in [5.74, 6) is -0.281. The van der Waals surface area contributed by atoms with E-state index in [1.54, 1.807) is 23.0 Å². The van der Waals surface area contributed by atoms with E-state index in [9.17, 15) is 9.18 Å². The molecule has 0 bridgehead atoms. The van der Waals surface area contributed by atoms with Crippen molar-refractivity contribution in [1.82, 2.24) is 24.1 Å². The van der Waals surface area contributed by atoms with E-state index in [-0.39, 0.29) is 17.8 Å². The van der Waals surface area contributed by atoms with Gasteiger partial charge in [-0.25, -0.2) is 9.37 Å². The number of nitrogens with zero attached hydrogens (tertiary/aromatic N) is 5. The molecule has 6 nitrogen and oxygen atoms in total. The van der Waals surface area contributed by atoms with Gasteiger partial charge < -0.3 is 4.90 Å². The van der Waals surface area contributed by atoms with Gasteiger partial charge in [0.1, 0.15) is 11.5 Å². The highest BCUT2D eigenvalue weighted by Crippen LogP contribution is 2.31. The van der Waals surface area contributed by atoms with Gasteiger partial charge in [0.15, 0.2) is 4.96 Å². The molecule has 0 radical (unpaired) electrons. The summed E-state index contributed by atoms with van der Waals surface area (Å²) in [6.07, 6.45) is 7.65. The van der Waals surface area contributed by atoms with Crippen molar-refractivity contribution in [2.24, 2.45) is 7.05 Å². The molecule has 0 unspecified atom stereocenters. The number of benzene rings is 1. The summed E-state index contributed by atoms with van der Waals surface area (Å²) in [5.41, 5.74) is 3.18. The molecule has 1 amide bonds. The van der Waals surface area contributed by atoms with Crippen molar-refractivity contribution in [1.29, 1.82) is 0 Å².